The van der Waals surface area contributed by atoms with Crippen molar-refractivity contribution in [2.24, 2.45) is 17.3 Å². The molecule has 9 nitrogen and oxygen atoms in total. The summed E-state index contributed by atoms with van der Waals surface area (Å²) in [4.78, 5) is 59.7. The molecule has 3 aliphatic heterocycles. The molecular weight excluding hydrogens is 460 g/mol. The van der Waals surface area contributed by atoms with Crippen LogP contribution in [0.2, 0.25) is 0 Å². The number of amides is 4. The van der Waals surface area contributed by atoms with Gasteiger partial charge in [-0.3, -0.25) is 33.9 Å². The van der Waals surface area contributed by atoms with E-state index in [2.05, 4.69) is 15.9 Å². The molecule has 0 aliphatic carbocycles. The van der Waals surface area contributed by atoms with Gasteiger partial charge >= 0.3 is 0 Å². The van der Waals surface area contributed by atoms with Crippen LogP contribution in [0.3, 0.4) is 0 Å². The van der Waals surface area contributed by atoms with Crippen molar-refractivity contribution in [3.63, 3.8) is 0 Å². The van der Waals surface area contributed by atoms with E-state index >= 15 is 0 Å². The number of imide groups is 2. The van der Waals surface area contributed by atoms with Gasteiger partial charge in [0.2, 0.25) is 23.6 Å². The van der Waals surface area contributed by atoms with E-state index in [9.17, 15) is 19.2 Å². The van der Waals surface area contributed by atoms with Crippen molar-refractivity contribution >= 4 is 29.3 Å². The molecule has 1 aromatic carbocycles. The Morgan fingerprint density at radius 1 is 0.806 bits per heavy atom. The van der Waals surface area contributed by atoms with Crippen LogP contribution >= 0.6 is 0 Å². The Bertz CT molecular complexity index is 979. The van der Waals surface area contributed by atoms with Gasteiger partial charge in [-0.25, -0.2) is 0 Å². The topological polar surface area (TPSA) is 90.5 Å². The minimum Gasteiger partial charge on any atom is -0.495 e. The van der Waals surface area contributed by atoms with E-state index < -0.39 is 40.9 Å². The van der Waals surface area contributed by atoms with E-state index in [-0.39, 0.29) is 13.1 Å². The molecule has 3 aliphatic rings. The number of carbonyl (C=O) groups is 4. The molecule has 1 aromatic rings. The quantitative estimate of drug-likeness (QED) is 0.292. The van der Waals surface area contributed by atoms with Crippen LogP contribution in [0.15, 0.2) is 24.3 Å². The van der Waals surface area contributed by atoms with Gasteiger partial charge < -0.3 is 9.64 Å². The smallest absolute Gasteiger partial charge is 0.242 e. The second-order valence-electron chi connectivity index (χ2n) is 10.6. The van der Waals surface area contributed by atoms with Crippen LogP contribution in [0.25, 0.3) is 0 Å². The molecule has 3 heterocycles. The minimum atomic E-state index is -0.996. The van der Waals surface area contributed by atoms with E-state index in [0.717, 1.165) is 55.5 Å². The zero-order valence-corrected chi connectivity index (χ0v) is 21.9. The average Bonchev–Trinajstić information content (AvgIpc) is 2.85. The molecular formula is C27H38N4O5. The van der Waals surface area contributed by atoms with Crippen LogP contribution in [0, 0.1) is 17.3 Å². The van der Waals surface area contributed by atoms with Gasteiger partial charge in [0.25, 0.3) is 0 Å². The summed E-state index contributed by atoms with van der Waals surface area (Å²) in [5.74, 6) is -2.91. The molecule has 4 rings (SSSR count). The molecule has 2 bridgehead atoms. The number of rotatable bonds is 9. The highest BCUT2D eigenvalue weighted by Crippen LogP contribution is 2.47. The number of ether oxygens (including phenoxy) is 1. The number of hydrogen-bond acceptors (Lipinski definition) is 7. The van der Waals surface area contributed by atoms with E-state index in [1.54, 1.807) is 21.0 Å². The lowest BCUT2D eigenvalue weighted by Crippen LogP contribution is -2.70. The number of anilines is 1. The summed E-state index contributed by atoms with van der Waals surface area (Å²) in [7, 11) is 1.69. The van der Waals surface area contributed by atoms with Crippen molar-refractivity contribution in [3.8, 4) is 5.75 Å². The molecule has 196 valence electrons. The lowest BCUT2D eigenvalue weighted by molar-refractivity contribution is -0.184. The highest BCUT2D eigenvalue weighted by atomic mass is 16.5. The number of hydrogen-bond donors (Lipinski definition) is 0. The number of fused-ring (bicyclic) bond motifs is 2. The fourth-order valence-electron chi connectivity index (χ4n) is 5.86. The summed E-state index contributed by atoms with van der Waals surface area (Å²) >= 11 is 0. The number of nitrogens with zero attached hydrogens (tertiary/aromatic N) is 4. The zero-order chi connectivity index (χ0) is 26.0. The molecule has 4 amide bonds. The van der Waals surface area contributed by atoms with E-state index in [0.29, 0.717) is 12.8 Å². The molecule has 0 spiro atoms. The molecule has 0 N–H and O–H groups in total. The highest BCUT2D eigenvalue weighted by molar-refractivity contribution is 6.22. The maximum absolute atomic E-state index is 13.3. The summed E-state index contributed by atoms with van der Waals surface area (Å²) < 4.78 is 5.49. The van der Waals surface area contributed by atoms with Crippen LogP contribution in [0.5, 0.6) is 5.75 Å². The van der Waals surface area contributed by atoms with Gasteiger partial charge in [0.1, 0.15) is 17.6 Å². The summed E-state index contributed by atoms with van der Waals surface area (Å²) in [6.45, 7) is 10.3. The maximum atomic E-state index is 13.3. The van der Waals surface area contributed by atoms with Crippen LogP contribution < -0.4 is 9.64 Å². The number of methoxy groups -OCH3 is 1. The van der Waals surface area contributed by atoms with Gasteiger partial charge in [-0.05, 0) is 37.9 Å². The Morgan fingerprint density at radius 2 is 1.33 bits per heavy atom. The third-order valence-corrected chi connectivity index (χ3v) is 7.89. The monoisotopic (exact) mass is 498 g/mol. The standard InChI is InChI=1S/C27H38N4O5/c1-5-12-30-23(32)21-25(34)31(26(35)22(24(30)33)27(21,2)3)14-9-8-13-28-15-17-29(18-16-28)19-10-6-7-11-20(19)36-4/h6-7,10-11,21-22H,5,8-9,12-18H2,1-4H3. The second-order valence-corrected chi connectivity index (χ2v) is 10.6. The summed E-state index contributed by atoms with van der Waals surface area (Å²) in [6, 6.07) is 8.04. The minimum absolute atomic E-state index is 0.242. The first kappa shape index (κ1) is 26.1. The zero-order valence-electron chi connectivity index (χ0n) is 21.9. The number of likely N-dealkylation sites (tertiary alicyclic amines) is 2. The molecule has 9 heteroatoms. The largest absolute Gasteiger partial charge is 0.495 e. The number of piperazine rings is 1. The van der Waals surface area contributed by atoms with Crippen molar-refractivity contribution in [1.82, 2.24) is 14.7 Å². The maximum Gasteiger partial charge on any atom is 0.242 e. The van der Waals surface area contributed by atoms with Gasteiger partial charge in [0, 0.05) is 44.7 Å². The number of carbonyl (C=O) groups excluding carboxylic acids is 4. The molecule has 0 saturated carbocycles. The molecule has 3 saturated heterocycles. The highest BCUT2D eigenvalue weighted by Gasteiger charge is 2.64. The van der Waals surface area contributed by atoms with E-state index in [1.165, 1.54) is 4.90 Å². The first-order valence-electron chi connectivity index (χ1n) is 13.0. The van der Waals surface area contributed by atoms with Crippen LogP contribution in [0.4, 0.5) is 5.69 Å². The van der Waals surface area contributed by atoms with Crippen LogP contribution in [-0.4, -0.2) is 91.3 Å². The summed E-state index contributed by atoms with van der Waals surface area (Å²) in [6.07, 6.45) is 2.07. The summed E-state index contributed by atoms with van der Waals surface area (Å²) in [5, 5.41) is 0. The molecule has 0 aromatic heterocycles. The Kier molecular flexibility index (Phi) is 7.68. The van der Waals surface area contributed by atoms with Crippen molar-refractivity contribution < 1.29 is 23.9 Å². The number of para-hydroxylation sites is 2. The summed E-state index contributed by atoms with van der Waals surface area (Å²) in [5.41, 5.74) is 0.112. The van der Waals surface area contributed by atoms with Crippen molar-refractivity contribution in [2.75, 3.05) is 57.8 Å². The Labute approximate surface area is 213 Å². The first-order valence-corrected chi connectivity index (χ1v) is 13.0. The number of benzene rings is 1. The molecule has 3 fully saturated rings. The number of piperidine rings is 2. The SMILES string of the molecule is CCCN1C(=O)C2C(=O)N(CCCCN3CCN(c4ccccc4OC)CC3)C(=O)C(C1=O)C2(C)C. The molecule has 2 unspecified atom stereocenters. The molecule has 0 radical (unpaired) electrons. The predicted octanol–water partition coefficient (Wildman–Crippen LogP) is 2.00. The third-order valence-electron chi connectivity index (χ3n) is 7.89. The lowest BCUT2D eigenvalue weighted by atomic mass is 9.62. The fourth-order valence-corrected chi connectivity index (χ4v) is 5.86. The van der Waals surface area contributed by atoms with Crippen LogP contribution in [0.1, 0.15) is 40.0 Å². The van der Waals surface area contributed by atoms with Crippen molar-refractivity contribution in [3.05, 3.63) is 24.3 Å². The Morgan fingerprint density at radius 3 is 1.89 bits per heavy atom. The second kappa shape index (κ2) is 10.6. The normalized spacial score (nSPS) is 24.5. The average molecular weight is 499 g/mol. The fraction of sp³-hybridized carbons (Fsp3) is 0.630. The van der Waals surface area contributed by atoms with Crippen molar-refractivity contribution in [1.29, 1.82) is 0 Å². The van der Waals surface area contributed by atoms with Gasteiger partial charge in [-0.2, -0.15) is 0 Å². The number of unbranched alkanes of at least 4 members (excludes halogenated alkanes) is 1. The van der Waals surface area contributed by atoms with Crippen molar-refractivity contribution in [2.45, 2.75) is 40.0 Å². The molecule has 36 heavy (non-hydrogen) atoms. The van der Waals surface area contributed by atoms with Gasteiger partial charge in [-0.15, -0.1) is 0 Å². The third kappa shape index (κ3) is 4.61. The van der Waals surface area contributed by atoms with Gasteiger partial charge in [0.15, 0.2) is 0 Å². The lowest BCUT2D eigenvalue weighted by Gasteiger charge is -2.51. The Hall–Kier alpha value is -2.94. The Balaban J connectivity index is 1.30. The predicted molar refractivity (Wildman–Crippen MR) is 135 cm³/mol. The van der Waals surface area contributed by atoms with Gasteiger partial charge in [0.05, 0.1) is 12.8 Å². The first-order chi connectivity index (χ1) is 17.2. The molecule has 2 atom stereocenters. The van der Waals surface area contributed by atoms with Gasteiger partial charge in [-0.1, -0.05) is 32.9 Å². The van der Waals surface area contributed by atoms with E-state index in [4.69, 9.17) is 4.74 Å². The van der Waals surface area contributed by atoms with Crippen LogP contribution in [-0.2, 0) is 19.2 Å². The van der Waals surface area contributed by atoms with E-state index in [1.807, 2.05) is 25.1 Å².